The van der Waals surface area contributed by atoms with Crippen LogP contribution in [-0.2, 0) is 9.53 Å². The van der Waals surface area contributed by atoms with Gasteiger partial charge in [-0.1, -0.05) is 0 Å². The van der Waals surface area contributed by atoms with Crippen molar-refractivity contribution >= 4 is 5.97 Å². The van der Waals surface area contributed by atoms with Crippen LogP contribution in [0.3, 0.4) is 0 Å². The minimum atomic E-state index is -1.19. The van der Waals surface area contributed by atoms with Crippen LogP contribution in [0.25, 0.3) is 0 Å². The third kappa shape index (κ3) is 3.16. The maximum atomic E-state index is 11.5. The Hall–Kier alpha value is -0.690. The zero-order chi connectivity index (χ0) is 13.2. The largest absolute Gasteiger partial charge is 0.469 e. The summed E-state index contributed by atoms with van der Waals surface area (Å²) in [6.07, 6.45) is -2.94. The molecule has 100 valence electrons. The van der Waals surface area contributed by atoms with Crippen molar-refractivity contribution < 1.29 is 24.9 Å². The summed E-state index contributed by atoms with van der Waals surface area (Å²) in [6.45, 7) is 3.62. The van der Waals surface area contributed by atoms with Crippen LogP contribution in [0.1, 0.15) is 20.3 Å². The van der Waals surface area contributed by atoms with E-state index >= 15 is 0 Å². The van der Waals surface area contributed by atoms with Gasteiger partial charge in [0.15, 0.2) is 0 Å². The molecule has 0 saturated carbocycles. The molecule has 0 bridgehead atoms. The third-order valence-electron chi connectivity index (χ3n) is 3.21. The fraction of sp³-hybridized carbons (Fsp3) is 0.909. The first-order valence-electron chi connectivity index (χ1n) is 5.65. The predicted octanol–water partition coefficient (Wildman–Crippen LogP) is -1.37. The molecule has 1 aliphatic heterocycles. The average Bonchev–Trinajstić information content (AvgIpc) is 2.28. The van der Waals surface area contributed by atoms with Crippen molar-refractivity contribution in [2.24, 2.45) is 5.41 Å². The molecule has 4 atom stereocenters. The van der Waals surface area contributed by atoms with Crippen molar-refractivity contribution in [3.05, 3.63) is 0 Å². The van der Waals surface area contributed by atoms with Gasteiger partial charge in [-0.15, -0.1) is 0 Å². The van der Waals surface area contributed by atoms with E-state index < -0.39 is 29.8 Å². The molecule has 1 saturated heterocycles. The number of hydrogen-bond acceptors (Lipinski definition) is 6. The van der Waals surface area contributed by atoms with Crippen LogP contribution in [0.2, 0.25) is 0 Å². The summed E-state index contributed by atoms with van der Waals surface area (Å²) in [6, 6.07) is -0.442. The topological polar surface area (TPSA) is 99.0 Å². The summed E-state index contributed by atoms with van der Waals surface area (Å²) >= 11 is 0. The second-order valence-electron chi connectivity index (χ2n) is 5.14. The van der Waals surface area contributed by atoms with E-state index in [1.807, 2.05) is 0 Å². The quantitative estimate of drug-likeness (QED) is 0.459. The molecule has 6 heteroatoms. The number of nitrogens with one attached hydrogen (secondary N) is 1. The summed E-state index contributed by atoms with van der Waals surface area (Å²) in [5.74, 6) is -0.368. The SMILES string of the molecule is COC(=O)C(C)(C)C[C@H]1NC[C@H](O)[C@@H](O)[C@@H]1O. The van der Waals surface area contributed by atoms with E-state index in [9.17, 15) is 20.1 Å². The number of carbonyl (C=O) groups is 1. The van der Waals surface area contributed by atoms with E-state index in [2.05, 4.69) is 10.1 Å². The van der Waals surface area contributed by atoms with Gasteiger partial charge < -0.3 is 25.4 Å². The highest BCUT2D eigenvalue weighted by molar-refractivity contribution is 5.75. The van der Waals surface area contributed by atoms with Crippen LogP contribution < -0.4 is 5.32 Å². The number of hydrogen-bond donors (Lipinski definition) is 4. The second-order valence-corrected chi connectivity index (χ2v) is 5.14. The van der Waals surface area contributed by atoms with Crippen molar-refractivity contribution in [3.63, 3.8) is 0 Å². The number of piperidine rings is 1. The van der Waals surface area contributed by atoms with E-state index in [0.29, 0.717) is 6.42 Å². The van der Waals surface area contributed by atoms with Gasteiger partial charge in [0.25, 0.3) is 0 Å². The van der Waals surface area contributed by atoms with Crippen molar-refractivity contribution in [2.75, 3.05) is 13.7 Å². The smallest absolute Gasteiger partial charge is 0.311 e. The van der Waals surface area contributed by atoms with Crippen LogP contribution in [0, 0.1) is 5.41 Å². The number of β-amino-alcohol motifs (C(OH)–C–C–N with tert-alkyl or cyclic N) is 1. The Morgan fingerprint density at radius 1 is 1.35 bits per heavy atom. The Morgan fingerprint density at radius 3 is 2.47 bits per heavy atom. The first kappa shape index (κ1) is 14.4. The van der Waals surface area contributed by atoms with E-state index in [4.69, 9.17) is 0 Å². The van der Waals surface area contributed by atoms with Gasteiger partial charge in [-0.05, 0) is 20.3 Å². The minimum Gasteiger partial charge on any atom is -0.469 e. The number of carbonyl (C=O) groups excluding carboxylic acids is 1. The molecule has 0 aromatic rings. The molecule has 1 rings (SSSR count). The Morgan fingerprint density at radius 2 is 1.94 bits per heavy atom. The summed E-state index contributed by atoms with van der Waals surface area (Å²) in [5, 5.41) is 31.6. The first-order valence-corrected chi connectivity index (χ1v) is 5.65. The lowest BCUT2D eigenvalue weighted by Crippen LogP contribution is -2.60. The van der Waals surface area contributed by atoms with Gasteiger partial charge in [0, 0.05) is 12.6 Å². The van der Waals surface area contributed by atoms with Gasteiger partial charge >= 0.3 is 5.97 Å². The van der Waals surface area contributed by atoms with Crippen molar-refractivity contribution in [3.8, 4) is 0 Å². The van der Waals surface area contributed by atoms with Gasteiger partial charge in [-0.25, -0.2) is 0 Å². The average molecular weight is 247 g/mol. The number of methoxy groups -OCH3 is 1. The lowest BCUT2D eigenvalue weighted by molar-refractivity contribution is -0.153. The number of aliphatic hydroxyl groups excluding tert-OH is 3. The Balaban J connectivity index is 2.66. The predicted molar refractivity (Wildman–Crippen MR) is 60.2 cm³/mol. The normalized spacial score (nSPS) is 34.5. The molecule has 0 radical (unpaired) electrons. The molecule has 0 aromatic carbocycles. The highest BCUT2D eigenvalue weighted by Crippen LogP contribution is 2.27. The minimum absolute atomic E-state index is 0.195. The lowest BCUT2D eigenvalue weighted by Gasteiger charge is -2.39. The van der Waals surface area contributed by atoms with Crippen LogP contribution in [-0.4, -0.2) is 59.3 Å². The van der Waals surface area contributed by atoms with Gasteiger partial charge in [0.1, 0.15) is 6.10 Å². The Kier molecular flexibility index (Phi) is 4.48. The van der Waals surface area contributed by atoms with Gasteiger partial charge in [-0.2, -0.15) is 0 Å². The molecule has 6 nitrogen and oxygen atoms in total. The van der Waals surface area contributed by atoms with Gasteiger partial charge in [0.05, 0.1) is 24.7 Å². The molecule has 0 spiro atoms. The van der Waals surface area contributed by atoms with Gasteiger partial charge in [0.2, 0.25) is 0 Å². The highest BCUT2D eigenvalue weighted by Gasteiger charge is 2.41. The van der Waals surface area contributed by atoms with Crippen LogP contribution in [0.5, 0.6) is 0 Å². The van der Waals surface area contributed by atoms with E-state index in [0.717, 1.165) is 0 Å². The zero-order valence-corrected chi connectivity index (χ0v) is 10.4. The monoisotopic (exact) mass is 247 g/mol. The molecule has 0 amide bonds. The van der Waals surface area contributed by atoms with Crippen LogP contribution in [0.4, 0.5) is 0 Å². The van der Waals surface area contributed by atoms with Crippen molar-refractivity contribution in [2.45, 2.75) is 44.6 Å². The Bertz CT molecular complexity index is 281. The summed E-state index contributed by atoms with van der Waals surface area (Å²) in [5.41, 5.74) is -0.755. The molecule has 17 heavy (non-hydrogen) atoms. The molecule has 0 aromatic heterocycles. The molecule has 1 heterocycles. The maximum Gasteiger partial charge on any atom is 0.311 e. The lowest BCUT2D eigenvalue weighted by atomic mass is 9.81. The van der Waals surface area contributed by atoms with Crippen molar-refractivity contribution in [1.82, 2.24) is 5.32 Å². The molecule has 4 N–H and O–H groups in total. The maximum absolute atomic E-state index is 11.5. The number of rotatable bonds is 3. The van der Waals surface area contributed by atoms with Crippen LogP contribution in [0.15, 0.2) is 0 Å². The molecule has 0 aliphatic carbocycles. The molecule has 1 fully saturated rings. The van der Waals surface area contributed by atoms with Gasteiger partial charge in [-0.3, -0.25) is 4.79 Å². The van der Waals surface area contributed by atoms with Crippen LogP contribution >= 0.6 is 0 Å². The summed E-state index contributed by atoms with van der Waals surface area (Å²) in [7, 11) is 1.31. The molecule has 1 aliphatic rings. The number of esters is 1. The number of ether oxygens (including phenoxy) is 1. The molecular weight excluding hydrogens is 226 g/mol. The molecular formula is C11H21NO5. The zero-order valence-electron chi connectivity index (χ0n) is 10.4. The first-order chi connectivity index (χ1) is 7.79. The van der Waals surface area contributed by atoms with Crippen molar-refractivity contribution in [1.29, 1.82) is 0 Å². The Labute approximate surface area is 101 Å². The van der Waals surface area contributed by atoms with E-state index in [1.165, 1.54) is 7.11 Å². The summed E-state index contributed by atoms with van der Waals surface area (Å²) in [4.78, 5) is 11.5. The second kappa shape index (κ2) is 5.30. The van der Waals surface area contributed by atoms with E-state index in [1.54, 1.807) is 13.8 Å². The fourth-order valence-electron chi connectivity index (χ4n) is 2.08. The van der Waals surface area contributed by atoms with E-state index in [-0.39, 0.29) is 12.5 Å². The number of aliphatic hydroxyl groups is 3. The highest BCUT2D eigenvalue weighted by atomic mass is 16.5. The summed E-state index contributed by atoms with van der Waals surface area (Å²) < 4.78 is 4.68. The standard InChI is InChI=1S/C11H21NO5/c1-11(2,10(16)17-3)4-6-8(14)9(15)7(13)5-12-6/h6-9,12-15H,4-5H2,1-3H3/t6-,7+,8-,9-/m1/s1. The molecule has 0 unspecified atom stereocenters. The fourth-order valence-corrected chi connectivity index (χ4v) is 2.08. The third-order valence-corrected chi connectivity index (χ3v) is 3.21.